The van der Waals surface area contributed by atoms with Gasteiger partial charge in [-0.2, -0.15) is 0 Å². The van der Waals surface area contributed by atoms with E-state index < -0.39 is 24.3 Å². The molecule has 0 aliphatic carbocycles. The highest BCUT2D eigenvalue weighted by molar-refractivity contribution is 6.39. The molecular formula is C14H18N2O4. The Kier molecular flexibility index (Phi) is 5.71. The molecule has 0 spiro atoms. The summed E-state index contributed by atoms with van der Waals surface area (Å²) in [7, 11) is 0. The van der Waals surface area contributed by atoms with Crippen LogP contribution in [0.25, 0.3) is 0 Å². The molecule has 6 nitrogen and oxygen atoms in total. The van der Waals surface area contributed by atoms with E-state index in [1.54, 1.807) is 31.2 Å². The Morgan fingerprint density at radius 2 is 1.80 bits per heavy atom. The minimum absolute atomic E-state index is 0.229. The topological polar surface area (TPSA) is 86.7 Å². The first-order chi connectivity index (χ1) is 9.43. The second kappa shape index (κ2) is 7.28. The van der Waals surface area contributed by atoms with Gasteiger partial charge in [0.1, 0.15) is 6.54 Å². The number of carboxylic acid groups (broad SMARTS) is 1. The Morgan fingerprint density at radius 1 is 1.20 bits per heavy atom. The highest BCUT2D eigenvalue weighted by Gasteiger charge is 2.23. The summed E-state index contributed by atoms with van der Waals surface area (Å²) in [5.74, 6) is -2.81. The third kappa shape index (κ3) is 4.72. The molecule has 20 heavy (non-hydrogen) atoms. The Balaban J connectivity index is 2.70. The van der Waals surface area contributed by atoms with Gasteiger partial charge in [-0.15, -0.1) is 0 Å². The van der Waals surface area contributed by atoms with Gasteiger partial charge in [0.05, 0.1) is 0 Å². The fourth-order valence-corrected chi connectivity index (χ4v) is 1.65. The van der Waals surface area contributed by atoms with Gasteiger partial charge in [-0.25, -0.2) is 0 Å². The molecule has 0 aliphatic heterocycles. The van der Waals surface area contributed by atoms with Gasteiger partial charge in [0, 0.05) is 12.2 Å². The minimum Gasteiger partial charge on any atom is -0.480 e. The lowest BCUT2D eigenvalue weighted by molar-refractivity contribution is -0.148. The lowest BCUT2D eigenvalue weighted by atomic mass is 10.2. The van der Waals surface area contributed by atoms with E-state index in [2.05, 4.69) is 5.32 Å². The second-order valence-electron chi connectivity index (χ2n) is 4.44. The highest BCUT2D eigenvalue weighted by Crippen LogP contribution is 2.08. The van der Waals surface area contributed by atoms with Gasteiger partial charge in [0.25, 0.3) is 0 Å². The molecule has 2 N–H and O–H groups in total. The van der Waals surface area contributed by atoms with E-state index in [0.717, 1.165) is 10.5 Å². The van der Waals surface area contributed by atoms with E-state index in [0.29, 0.717) is 12.1 Å². The SMILES string of the molecule is CCCN(CC(=O)O)C(=O)C(=O)Nc1ccc(C)cc1. The maximum Gasteiger partial charge on any atom is 0.323 e. The maximum absolute atomic E-state index is 11.9. The predicted octanol–water partition coefficient (Wildman–Crippen LogP) is 1.26. The number of hydrogen-bond donors (Lipinski definition) is 2. The molecule has 108 valence electrons. The van der Waals surface area contributed by atoms with Gasteiger partial charge in [-0.05, 0) is 25.5 Å². The van der Waals surface area contributed by atoms with Gasteiger partial charge >= 0.3 is 17.8 Å². The van der Waals surface area contributed by atoms with Crippen molar-refractivity contribution in [2.24, 2.45) is 0 Å². The third-order valence-electron chi connectivity index (χ3n) is 2.61. The number of carbonyl (C=O) groups excluding carboxylic acids is 2. The fourth-order valence-electron chi connectivity index (χ4n) is 1.65. The molecule has 0 atom stereocenters. The minimum atomic E-state index is -1.14. The van der Waals surface area contributed by atoms with Crippen molar-refractivity contribution in [3.8, 4) is 0 Å². The molecule has 0 saturated heterocycles. The highest BCUT2D eigenvalue weighted by atomic mass is 16.4. The van der Waals surface area contributed by atoms with E-state index >= 15 is 0 Å². The number of anilines is 1. The van der Waals surface area contributed by atoms with Crippen LogP contribution >= 0.6 is 0 Å². The first-order valence-corrected chi connectivity index (χ1v) is 6.32. The Labute approximate surface area is 117 Å². The average molecular weight is 278 g/mol. The number of nitrogens with zero attached hydrogens (tertiary/aromatic N) is 1. The maximum atomic E-state index is 11.9. The summed E-state index contributed by atoms with van der Waals surface area (Å²) in [6.07, 6.45) is 0.580. The molecule has 1 aromatic rings. The van der Waals surface area contributed by atoms with E-state index in [1.165, 1.54) is 0 Å². The summed E-state index contributed by atoms with van der Waals surface area (Å²) in [6, 6.07) is 6.98. The number of rotatable bonds is 5. The number of aliphatic carboxylic acids is 1. The van der Waals surface area contributed by atoms with Crippen LogP contribution in [0, 0.1) is 6.92 Å². The smallest absolute Gasteiger partial charge is 0.323 e. The van der Waals surface area contributed by atoms with Crippen molar-refractivity contribution in [2.75, 3.05) is 18.4 Å². The quantitative estimate of drug-likeness (QED) is 0.794. The second-order valence-corrected chi connectivity index (χ2v) is 4.44. The van der Waals surface area contributed by atoms with Crippen LogP contribution in [0.5, 0.6) is 0 Å². The molecule has 0 saturated carbocycles. The van der Waals surface area contributed by atoms with Crippen molar-refractivity contribution < 1.29 is 19.5 Å². The Bertz CT molecular complexity index is 496. The van der Waals surface area contributed by atoms with Crippen LogP contribution < -0.4 is 5.32 Å². The first kappa shape index (κ1) is 15.7. The number of benzene rings is 1. The number of amides is 2. The monoisotopic (exact) mass is 278 g/mol. The molecular weight excluding hydrogens is 260 g/mol. The van der Waals surface area contributed by atoms with E-state index in [9.17, 15) is 14.4 Å². The number of nitrogens with one attached hydrogen (secondary N) is 1. The molecule has 6 heteroatoms. The van der Waals surface area contributed by atoms with Gasteiger partial charge in [0.15, 0.2) is 0 Å². The van der Waals surface area contributed by atoms with Gasteiger partial charge in [0.2, 0.25) is 0 Å². The summed E-state index contributed by atoms with van der Waals surface area (Å²) in [5, 5.41) is 11.2. The summed E-state index contributed by atoms with van der Waals surface area (Å²) in [4.78, 5) is 35.4. The lowest BCUT2D eigenvalue weighted by Gasteiger charge is -2.19. The standard InChI is InChI=1S/C14H18N2O4/c1-3-8-16(9-12(17)18)14(20)13(19)15-11-6-4-10(2)5-7-11/h4-7H,3,8-9H2,1-2H3,(H,15,19)(H,17,18). The molecule has 2 amide bonds. The van der Waals surface area contributed by atoms with Crippen molar-refractivity contribution >= 4 is 23.5 Å². The molecule has 0 fully saturated rings. The van der Waals surface area contributed by atoms with Crippen LogP contribution in [0.15, 0.2) is 24.3 Å². The molecule has 1 aromatic carbocycles. The van der Waals surface area contributed by atoms with Crippen molar-refractivity contribution in [1.29, 1.82) is 0 Å². The van der Waals surface area contributed by atoms with Crippen molar-refractivity contribution in [3.05, 3.63) is 29.8 Å². The van der Waals surface area contributed by atoms with Gasteiger partial charge in [-0.3, -0.25) is 14.4 Å². The summed E-state index contributed by atoms with van der Waals surface area (Å²) >= 11 is 0. The largest absolute Gasteiger partial charge is 0.480 e. The fraction of sp³-hybridized carbons (Fsp3) is 0.357. The zero-order valence-electron chi connectivity index (χ0n) is 11.5. The molecule has 1 rings (SSSR count). The van der Waals surface area contributed by atoms with Crippen molar-refractivity contribution in [1.82, 2.24) is 4.90 Å². The summed E-state index contributed by atoms with van der Waals surface area (Å²) in [6.45, 7) is 3.47. The van der Waals surface area contributed by atoms with Gasteiger partial charge in [-0.1, -0.05) is 24.6 Å². The molecule has 0 aromatic heterocycles. The zero-order chi connectivity index (χ0) is 15.1. The lowest BCUT2D eigenvalue weighted by Crippen LogP contribution is -2.42. The number of aryl methyl sites for hydroxylation is 1. The molecule has 0 radical (unpaired) electrons. The van der Waals surface area contributed by atoms with Crippen LogP contribution in [0.1, 0.15) is 18.9 Å². The van der Waals surface area contributed by atoms with Crippen molar-refractivity contribution in [3.63, 3.8) is 0 Å². The van der Waals surface area contributed by atoms with Gasteiger partial charge < -0.3 is 15.3 Å². The van der Waals surface area contributed by atoms with E-state index in [1.807, 2.05) is 6.92 Å². The molecule has 0 bridgehead atoms. The first-order valence-electron chi connectivity index (χ1n) is 6.32. The van der Waals surface area contributed by atoms with Crippen LogP contribution in [0.2, 0.25) is 0 Å². The number of hydrogen-bond acceptors (Lipinski definition) is 3. The molecule has 0 unspecified atom stereocenters. The Morgan fingerprint density at radius 3 is 2.30 bits per heavy atom. The number of carbonyl (C=O) groups is 3. The average Bonchev–Trinajstić information content (AvgIpc) is 2.39. The van der Waals surface area contributed by atoms with Crippen LogP contribution in [0.4, 0.5) is 5.69 Å². The summed E-state index contributed by atoms with van der Waals surface area (Å²) < 4.78 is 0. The molecule has 0 heterocycles. The van der Waals surface area contributed by atoms with E-state index in [4.69, 9.17) is 5.11 Å². The Hall–Kier alpha value is -2.37. The third-order valence-corrected chi connectivity index (χ3v) is 2.61. The number of carboxylic acids is 1. The summed E-state index contributed by atoms with van der Waals surface area (Å²) in [5.41, 5.74) is 1.54. The zero-order valence-corrected chi connectivity index (χ0v) is 11.5. The van der Waals surface area contributed by atoms with Crippen LogP contribution in [0.3, 0.4) is 0 Å². The molecule has 0 aliphatic rings. The van der Waals surface area contributed by atoms with Crippen molar-refractivity contribution in [2.45, 2.75) is 20.3 Å². The predicted molar refractivity (Wildman–Crippen MR) is 74.3 cm³/mol. The normalized spacial score (nSPS) is 9.90. The van der Waals surface area contributed by atoms with E-state index in [-0.39, 0.29) is 6.54 Å². The van der Waals surface area contributed by atoms with Crippen LogP contribution in [-0.2, 0) is 14.4 Å². The van der Waals surface area contributed by atoms with Crippen LogP contribution in [-0.4, -0.2) is 40.9 Å².